The van der Waals surface area contributed by atoms with E-state index >= 15 is 0 Å². The van der Waals surface area contributed by atoms with E-state index < -0.39 is 0 Å². The molecule has 3 aliphatic rings. The number of nitrogens with zero attached hydrogens (tertiary/aromatic N) is 2. The van der Waals surface area contributed by atoms with Gasteiger partial charge in [0.25, 0.3) is 0 Å². The zero-order valence-corrected chi connectivity index (χ0v) is 14.3. The highest BCUT2D eigenvalue weighted by Gasteiger charge is 2.37. The Morgan fingerprint density at radius 3 is 2.92 bits per heavy atom. The minimum Gasteiger partial charge on any atom is -0.357 e. The molecular weight excluding hydrogens is 300 g/mol. The van der Waals surface area contributed by atoms with Gasteiger partial charge in [0, 0.05) is 31.9 Å². The van der Waals surface area contributed by atoms with Crippen molar-refractivity contribution in [3.63, 3.8) is 0 Å². The third-order valence-corrected chi connectivity index (χ3v) is 5.89. The first-order valence-electron chi connectivity index (χ1n) is 9.53. The SMILES string of the molecule is O=C(NCc1ccnc(N2CCCC2)c1)C1CC2CCCCC2N1. The van der Waals surface area contributed by atoms with Crippen LogP contribution < -0.4 is 15.5 Å². The maximum atomic E-state index is 12.5. The minimum absolute atomic E-state index is 0.00186. The van der Waals surface area contributed by atoms with Crippen LogP contribution in [0.4, 0.5) is 5.82 Å². The first-order valence-corrected chi connectivity index (χ1v) is 9.53. The molecular formula is C19H28N4O. The van der Waals surface area contributed by atoms with E-state index in [1.54, 1.807) is 0 Å². The molecule has 1 aromatic heterocycles. The van der Waals surface area contributed by atoms with Gasteiger partial charge in [0.05, 0.1) is 6.04 Å². The van der Waals surface area contributed by atoms with Crippen LogP contribution in [0.5, 0.6) is 0 Å². The van der Waals surface area contributed by atoms with E-state index in [2.05, 4.69) is 26.6 Å². The van der Waals surface area contributed by atoms with Crippen molar-refractivity contribution in [2.45, 2.75) is 63.6 Å². The molecule has 0 spiro atoms. The minimum atomic E-state index is -0.00186. The molecule has 3 heterocycles. The molecule has 3 unspecified atom stereocenters. The Kier molecular flexibility index (Phi) is 4.69. The van der Waals surface area contributed by atoms with Crippen LogP contribution in [0.15, 0.2) is 18.3 Å². The summed E-state index contributed by atoms with van der Waals surface area (Å²) in [5, 5.41) is 6.67. The molecule has 2 saturated heterocycles. The van der Waals surface area contributed by atoms with Gasteiger partial charge in [-0.25, -0.2) is 4.98 Å². The monoisotopic (exact) mass is 328 g/mol. The van der Waals surface area contributed by atoms with Gasteiger partial charge in [-0.2, -0.15) is 0 Å². The summed E-state index contributed by atoms with van der Waals surface area (Å²) in [5.74, 6) is 1.91. The first-order chi connectivity index (χ1) is 11.8. The average Bonchev–Trinajstić information content (AvgIpc) is 3.29. The predicted molar refractivity (Wildman–Crippen MR) is 94.8 cm³/mol. The summed E-state index contributed by atoms with van der Waals surface area (Å²) in [6.45, 7) is 2.78. The Bertz CT molecular complexity index is 570. The van der Waals surface area contributed by atoms with Crippen LogP contribution in [0.3, 0.4) is 0 Å². The average molecular weight is 328 g/mol. The van der Waals surface area contributed by atoms with Gasteiger partial charge in [0.15, 0.2) is 0 Å². The standard InChI is InChI=1S/C19H28N4O/c24-19(17-12-15-5-1-2-6-16(15)22-17)21-13-14-7-8-20-18(11-14)23-9-3-4-10-23/h7-8,11,15-17,22H,1-6,9-10,12-13H2,(H,21,24). The van der Waals surface area contributed by atoms with Gasteiger partial charge in [-0.3, -0.25) is 4.79 Å². The lowest BCUT2D eigenvalue weighted by Crippen LogP contribution is -2.42. The number of fused-ring (bicyclic) bond motifs is 1. The highest BCUT2D eigenvalue weighted by molar-refractivity contribution is 5.82. The van der Waals surface area contributed by atoms with E-state index in [-0.39, 0.29) is 11.9 Å². The molecule has 2 aliphatic heterocycles. The number of aromatic nitrogens is 1. The fourth-order valence-electron chi connectivity index (χ4n) is 4.52. The molecule has 1 aliphatic carbocycles. The fourth-order valence-corrected chi connectivity index (χ4v) is 4.52. The van der Waals surface area contributed by atoms with Crippen LogP contribution in [-0.2, 0) is 11.3 Å². The zero-order valence-electron chi connectivity index (χ0n) is 14.3. The Hall–Kier alpha value is -1.62. The molecule has 24 heavy (non-hydrogen) atoms. The van der Waals surface area contributed by atoms with Crippen LogP contribution in [0.1, 0.15) is 50.5 Å². The molecule has 0 aromatic carbocycles. The number of pyridine rings is 1. The third-order valence-electron chi connectivity index (χ3n) is 5.89. The number of anilines is 1. The van der Waals surface area contributed by atoms with E-state index in [0.717, 1.165) is 30.9 Å². The van der Waals surface area contributed by atoms with Crippen LogP contribution in [0.25, 0.3) is 0 Å². The largest absolute Gasteiger partial charge is 0.357 e. The van der Waals surface area contributed by atoms with Crippen LogP contribution in [0.2, 0.25) is 0 Å². The Labute approximate surface area is 144 Å². The number of carbonyl (C=O) groups is 1. The molecule has 1 aromatic rings. The predicted octanol–water partition coefficient (Wildman–Crippen LogP) is 2.22. The molecule has 1 amide bonds. The zero-order chi connectivity index (χ0) is 16.4. The first kappa shape index (κ1) is 15.9. The molecule has 3 atom stereocenters. The second kappa shape index (κ2) is 7.09. The van der Waals surface area contributed by atoms with E-state index in [4.69, 9.17) is 0 Å². The second-order valence-electron chi connectivity index (χ2n) is 7.54. The van der Waals surface area contributed by atoms with Gasteiger partial charge in [0.2, 0.25) is 5.91 Å². The van der Waals surface area contributed by atoms with Crippen molar-refractivity contribution in [3.8, 4) is 0 Å². The molecule has 3 fully saturated rings. The van der Waals surface area contributed by atoms with Gasteiger partial charge in [-0.1, -0.05) is 12.8 Å². The molecule has 1 saturated carbocycles. The topological polar surface area (TPSA) is 57.3 Å². The van der Waals surface area contributed by atoms with Gasteiger partial charge in [-0.15, -0.1) is 0 Å². The van der Waals surface area contributed by atoms with E-state index in [0.29, 0.717) is 18.5 Å². The maximum absolute atomic E-state index is 12.5. The lowest BCUT2D eigenvalue weighted by Gasteiger charge is -2.24. The van der Waals surface area contributed by atoms with Crippen LogP contribution in [-0.4, -0.2) is 36.1 Å². The summed E-state index contributed by atoms with van der Waals surface area (Å²) in [6.07, 6.45) is 10.5. The lowest BCUT2D eigenvalue weighted by atomic mass is 9.85. The number of carbonyl (C=O) groups excluding carboxylic acids is 1. The molecule has 5 heteroatoms. The number of rotatable bonds is 4. The molecule has 4 rings (SSSR count). The van der Waals surface area contributed by atoms with E-state index in [1.165, 1.54) is 38.5 Å². The molecule has 0 radical (unpaired) electrons. The number of nitrogens with one attached hydrogen (secondary N) is 2. The molecule has 0 bridgehead atoms. The Morgan fingerprint density at radius 2 is 2.08 bits per heavy atom. The highest BCUT2D eigenvalue weighted by Crippen LogP contribution is 2.33. The van der Waals surface area contributed by atoms with Gasteiger partial charge >= 0.3 is 0 Å². The second-order valence-corrected chi connectivity index (χ2v) is 7.54. The highest BCUT2D eigenvalue weighted by atomic mass is 16.2. The van der Waals surface area contributed by atoms with Gasteiger partial charge in [0.1, 0.15) is 5.82 Å². The van der Waals surface area contributed by atoms with Crippen molar-refractivity contribution in [1.82, 2.24) is 15.6 Å². The summed E-state index contributed by atoms with van der Waals surface area (Å²) >= 11 is 0. The van der Waals surface area contributed by atoms with Crippen molar-refractivity contribution < 1.29 is 4.79 Å². The fraction of sp³-hybridized carbons (Fsp3) is 0.684. The summed E-state index contributed by atoms with van der Waals surface area (Å²) in [5.41, 5.74) is 1.13. The van der Waals surface area contributed by atoms with Gasteiger partial charge in [-0.05, 0) is 55.7 Å². The van der Waals surface area contributed by atoms with Crippen molar-refractivity contribution in [3.05, 3.63) is 23.9 Å². The smallest absolute Gasteiger partial charge is 0.237 e. The number of amides is 1. The maximum Gasteiger partial charge on any atom is 0.237 e. The summed E-state index contributed by atoms with van der Waals surface area (Å²) in [6, 6.07) is 4.69. The van der Waals surface area contributed by atoms with E-state index in [9.17, 15) is 4.79 Å². The Morgan fingerprint density at radius 1 is 1.25 bits per heavy atom. The summed E-state index contributed by atoms with van der Waals surface area (Å²) in [4.78, 5) is 19.3. The molecule has 2 N–H and O–H groups in total. The lowest BCUT2D eigenvalue weighted by molar-refractivity contribution is -0.123. The van der Waals surface area contributed by atoms with Crippen molar-refractivity contribution >= 4 is 11.7 Å². The van der Waals surface area contributed by atoms with Crippen LogP contribution in [0, 0.1) is 5.92 Å². The number of hydrogen-bond donors (Lipinski definition) is 2. The van der Waals surface area contributed by atoms with E-state index in [1.807, 2.05) is 12.3 Å². The summed E-state index contributed by atoms with van der Waals surface area (Å²) in [7, 11) is 0. The summed E-state index contributed by atoms with van der Waals surface area (Å²) < 4.78 is 0. The van der Waals surface area contributed by atoms with Crippen molar-refractivity contribution in [1.29, 1.82) is 0 Å². The quantitative estimate of drug-likeness (QED) is 0.890. The van der Waals surface area contributed by atoms with Crippen molar-refractivity contribution in [2.24, 2.45) is 5.92 Å². The molecule has 5 nitrogen and oxygen atoms in total. The third kappa shape index (κ3) is 3.41. The molecule has 130 valence electrons. The van der Waals surface area contributed by atoms with Crippen molar-refractivity contribution in [2.75, 3.05) is 18.0 Å². The number of hydrogen-bond acceptors (Lipinski definition) is 4. The Balaban J connectivity index is 1.31. The van der Waals surface area contributed by atoms with Crippen LogP contribution >= 0.6 is 0 Å². The van der Waals surface area contributed by atoms with Gasteiger partial charge < -0.3 is 15.5 Å². The normalized spacial score (nSPS) is 29.5.